The van der Waals surface area contributed by atoms with E-state index in [1.165, 1.54) is 37.5 Å². The van der Waals surface area contributed by atoms with Crippen molar-refractivity contribution in [1.29, 1.82) is 0 Å². The lowest BCUT2D eigenvalue weighted by atomic mass is 9.50. The van der Waals surface area contributed by atoms with Crippen LogP contribution in [0.4, 0.5) is 0 Å². The number of carbonyl (C=O) groups is 1. The zero-order valence-electron chi connectivity index (χ0n) is 17.8. The van der Waals surface area contributed by atoms with E-state index in [9.17, 15) is 35.4 Å². The molecule has 8 nitrogen and oxygen atoms in total. The van der Waals surface area contributed by atoms with E-state index < -0.39 is 47.7 Å². The summed E-state index contributed by atoms with van der Waals surface area (Å²) in [6.07, 6.45) is -1.72. The molecule has 0 bridgehead atoms. The van der Waals surface area contributed by atoms with Gasteiger partial charge in [-0.2, -0.15) is 0 Å². The molecule has 0 amide bonds. The third-order valence-electron chi connectivity index (χ3n) is 6.23. The van der Waals surface area contributed by atoms with E-state index in [2.05, 4.69) is 4.74 Å². The average Bonchev–Trinajstić information content (AvgIpc) is 2.83. The molecular formula is C24H28O8. The highest BCUT2D eigenvalue weighted by molar-refractivity contribution is 5.89. The van der Waals surface area contributed by atoms with Gasteiger partial charge >= 0.3 is 5.97 Å². The van der Waals surface area contributed by atoms with Crippen LogP contribution in [0.5, 0.6) is 0 Å². The van der Waals surface area contributed by atoms with Crippen LogP contribution >= 0.6 is 0 Å². The predicted molar refractivity (Wildman–Crippen MR) is 116 cm³/mol. The molecule has 0 aromatic heterocycles. The van der Waals surface area contributed by atoms with Gasteiger partial charge in [-0.3, -0.25) is 0 Å². The number of aliphatic hydroxyl groups excluding tert-OH is 4. The lowest BCUT2D eigenvalue weighted by Gasteiger charge is -2.62. The van der Waals surface area contributed by atoms with Crippen LogP contribution < -0.4 is 0 Å². The molecule has 2 aromatic rings. The first-order valence-corrected chi connectivity index (χ1v) is 10.2. The number of carbonyl (C=O) groups excluding carboxylic acids is 1. The third kappa shape index (κ3) is 3.70. The van der Waals surface area contributed by atoms with Crippen molar-refractivity contribution in [1.82, 2.24) is 0 Å². The van der Waals surface area contributed by atoms with Crippen molar-refractivity contribution in [3.63, 3.8) is 0 Å². The van der Waals surface area contributed by atoms with Gasteiger partial charge in [0.05, 0.1) is 25.2 Å². The molecule has 6 N–H and O–H groups in total. The van der Waals surface area contributed by atoms with Gasteiger partial charge in [0.25, 0.3) is 0 Å². The van der Waals surface area contributed by atoms with Gasteiger partial charge in [0, 0.05) is 0 Å². The molecule has 8 heteroatoms. The van der Waals surface area contributed by atoms with E-state index in [0.717, 1.165) is 12.0 Å². The van der Waals surface area contributed by atoms with Gasteiger partial charge in [-0.25, -0.2) is 4.79 Å². The molecule has 5 atom stereocenters. The number of hydrogen-bond donors (Lipinski definition) is 6. The molecule has 1 unspecified atom stereocenters. The van der Waals surface area contributed by atoms with E-state index in [1.807, 2.05) is 19.1 Å². The van der Waals surface area contributed by atoms with E-state index in [-0.39, 0.29) is 11.1 Å². The van der Waals surface area contributed by atoms with Gasteiger partial charge in [-0.15, -0.1) is 0 Å². The maximum absolute atomic E-state index is 11.7. The third-order valence-corrected chi connectivity index (χ3v) is 6.23. The van der Waals surface area contributed by atoms with E-state index in [0.29, 0.717) is 5.56 Å². The highest BCUT2D eigenvalue weighted by Crippen LogP contribution is 2.58. The number of aliphatic hydroxyl groups is 6. The minimum absolute atomic E-state index is 0.210. The van der Waals surface area contributed by atoms with Crippen LogP contribution in [-0.4, -0.2) is 73.7 Å². The lowest BCUT2D eigenvalue weighted by molar-refractivity contribution is -0.313. The summed E-state index contributed by atoms with van der Waals surface area (Å²) < 4.78 is 4.65. The fraction of sp³-hybridized carbons (Fsp3) is 0.375. The summed E-state index contributed by atoms with van der Waals surface area (Å²) >= 11 is 0. The molecule has 0 saturated heterocycles. The number of aryl methyl sites for hydroxylation is 1. The standard InChI is InChI=1S/C24H28O8/c1-3-14-4-6-15(7-5-14)12-18(26)23(30)20(24(31,22(23)29)19(27)13-25)16-8-10-17(11-9-16)21(28)32-2/h4-12,19-20,22,25-27,29-31H,3,13H2,1-2H3/t19-,20?,22-,23-,24+/m1/s1. The molecule has 172 valence electrons. The Hall–Kier alpha value is -2.75. The van der Waals surface area contributed by atoms with Gasteiger partial charge in [-0.05, 0) is 41.3 Å². The maximum atomic E-state index is 11.7. The first-order valence-electron chi connectivity index (χ1n) is 10.2. The van der Waals surface area contributed by atoms with Crippen LogP contribution in [0.3, 0.4) is 0 Å². The average molecular weight is 444 g/mol. The van der Waals surface area contributed by atoms with Crippen molar-refractivity contribution < 1.29 is 40.2 Å². The van der Waals surface area contributed by atoms with E-state index in [1.54, 1.807) is 12.1 Å². The fourth-order valence-corrected chi connectivity index (χ4v) is 4.31. The minimum atomic E-state index is -2.36. The van der Waals surface area contributed by atoms with Crippen LogP contribution in [0.15, 0.2) is 54.3 Å². The SMILES string of the molecule is CCc1ccc(C=C(O)[C@@]2(O)C(c3ccc(C(=O)OC)cc3)[C@@](O)([C@H](O)CO)[C@@H]2O)cc1. The van der Waals surface area contributed by atoms with Crippen molar-refractivity contribution in [2.24, 2.45) is 0 Å². The number of benzene rings is 2. The zero-order chi connectivity index (χ0) is 23.7. The highest BCUT2D eigenvalue weighted by atomic mass is 16.5. The quantitative estimate of drug-likeness (QED) is 0.273. The van der Waals surface area contributed by atoms with Crippen LogP contribution in [0.1, 0.15) is 39.9 Å². The summed E-state index contributed by atoms with van der Waals surface area (Å²) in [5, 5.41) is 63.5. The molecule has 2 aromatic carbocycles. The monoisotopic (exact) mass is 444 g/mol. The summed E-state index contributed by atoms with van der Waals surface area (Å²) in [5.41, 5.74) is -2.65. The molecule has 1 saturated carbocycles. The van der Waals surface area contributed by atoms with Gasteiger partial charge in [0.15, 0.2) is 5.60 Å². The molecular weight excluding hydrogens is 416 g/mol. The normalized spacial score (nSPS) is 28.7. The molecule has 0 radical (unpaired) electrons. The van der Waals surface area contributed by atoms with Crippen molar-refractivity contribution in [2.45, 2.75) is 42.7 Å². The number of rotatable bonds is 7. The highest BCUT2D eigenvalue weighted by Gasteiger charge is 2.75. The second-order valence-corrected chi connectivity index (χ2v) is 7.98. The molecule has 1 fully saturated rings. The van der Waals surface area contributed by atoms with Gasteiger partial charge in [0.1, 0.15) is 23.6 Å². The Balaban J connectivity index is 2.05. The second-order valence-electron chi connectivity index (χ2n) is 7.98. The van der Waals surface area contributed by atoms with E-state index in [4.69, 9.17) is 0 Å². The maximum Gasteiger partial charge on any atom is 0.337 e. The van der Waals surface area contributed by atoms with E-state index >= 15 is 0 Å². The predicted octanol–water partition coefficient (Wildman–Crippen LogP) is 0.908. The van der Waals surface area contributed by atoms with Crippen LogP contribution in [0.25, 0.3) is 6.08 Å². The van der Waals surface area contributed by atoms with Crippen LogP contribution in [0.2, 0.25) is 0 Å². The molecule has 32 heavy (non-hydrogen) atoms. The fourth-order valence-electron chi connectivity index (χ4n) is 4.31. The molecule has 1 aliphatic rings. The Morgan fingerprint density at radius 2 is 1.72 bits per heavy atom. The zero-order valence-corrected chi connectivity index (χ0v) is 17.8. The number of esters is 1. The number of ether oxygens (including phenoxy) is 1. The van der Waals surface area contributed by atoms with Crippen LogP contribution in [0, 0.1) is 0 Å². The van der Waals surface area contributed by atoms with Crippen molar-refractivity contribution in [3.8, 4) is 0 Å². The Kier molecular flexibility index (Phi) is 6.73. The largest absolute Gasteiger partial charge is 0.509 e. The summed E-state index contributed by atoms with van der Waals surface area (Å²) in [4.78, 5) is 11.7. The molecule has 3 rings (SSSR count). The first kappa shape index (κ1) is 23.9. The van der Waals surface area contributed by atoms with Gasteiger partial charge < -0.3 is 35.4 Å². The summed E-state index contributed by atoms with van der Waals surface area (Å²) in [7, 11) is 1.23. The number of methoxy groups -OCH3 is 1. The Morgan fingerprint density at radius 3 is 2.22 bits per heavy atom. The Bertz CT molecular complexity index is 984. The summed E-state index contributed by atoms with van der Waals surface area (Å²) in [6, 6.07) is 12.8. The smallest absolute Gasteiger partial charge is 0.337 e. The van der Waals surface area contributed by atoms with Crippen molar-refractivity contribution in [3.05, 3.63) is 76.5 Å². The second kappa shape index (κ2) is 9.01. The topological polar surface area (TPSA) is 148 Å². The minimum Gasteiger partial charge on any atom is -0.509 e. The summed E-state index contributed by atoms with van der Waals surface area (Å²) in [6.45, 7) is 1.11. The Morgan fingerprint density at radius 1 is 1.12 bits per heavy atom. The molecule has 0 spiro atoms. The number of hydrogen-bond acceptors (Lipinski definition) is 8. The van der Waals surface area contributed by atoms with Gasteiger partial charge in [-0.1, -0.05) is 43.3 Å². The Labute approximate surface area is 185 Å². The molecule has 1 aliphatic carbocycles. The van der Waals surface area contributed by atoms with Crippen molar-refractivity contribution >= 4 is 12.0 Å². The van der Waals surface area contributed by atoms with Crippen LogP contribution in [-0.2, 0) is 11.2 Å². The van der Waals surface area contributed by atoms with Crippen molar-refractivity contribution in [2.75, 3.05) is 13.7 Å². The molecule has 0 aliphatic heterocycles. The molecule has 0 heterocycles. The van der Waals surface area contributed by atoms with Gasteiger partial charge in [0.2, 0.25) is 0 Å². The summed E-state index contributed by atoms with van der Waals surface area (Å²) in [5.74, 6) is -2.62. The lowest BCUT2D eigenvalue weighted by Crippen LogP contribution is -2.80. The first-order chi connectivity index (χ1) is 15.1.